The van der Waals surface area contributed by atoms with Crippen molar-refractivity contribution < 1.29 is 18.7 Å². The quantitative estimate of drug-likeness (QED) is 0.801. The maximum Gasteiger partial charge on any atom is 0.231 e. The highest BCUT2D eigenvalue weighted by Crippen LogP contribution is 2.25. The molecule has 1 aromatic carbocycles. The standard InChI is InChI=1S/C12H14FNO3/c1-3-17-11-7-9(13)4-5-10(11)14-12(16)6-8(2)15/h4-5,7H,3,6H2,1-2H3,(H,14,16). The molecule has 1 aromatic rings. The second-order valence-corrected chi connectivity index (χ2v) is 3.50. The zero-order chi connectivity index (χ0) is 12.8. The monoisotopic (exact) mass is 239 g/mol. The number of nitrogens with one attached hydrogen (secondary N) is 1. The van der Waals surface area contributed by atoms with Crippen molar-refractivity contribution in [2.24, 2.45) is 0 Å². The van der Waals surface area contributed by atoms with E-state index >= 15 is 0 Å². The van der Waals surface area contributed by atoms with E-state index in [2.05, 4.69) is 5.32 Å². The van der Waals surface area contributed by atoms with Crippen LogP contribution < -0.4 is 10.1 Å². The fourth-order valence-corrected chi connectivity index (χ4v) is 1.29. The maximum atomic E-state index is 13.0. The zero-order valence-electron chi connectivity index (χ0n) is 9.75. The van der Waals surface area contributed by atoms with Gasteiger partial charge in [-0.1, -0.05) is 0 Å². The predicted molar refractivity (Wildman–Crippen MR) is 61.5 cm³/mol. The molecule has 0 fully saturated rings. The highest BCUT2D eigenvalue weighted by Gasteiger charge is 2.10. The van der Waals surface area contributed by atoms with Crippen molar-refractivity contribution in [3.63, 3.8) is 0 Å². The number of anilines is 1. The number of amides is 1. The van der Waals surface area contributed by atoms with Crippen molar-refractivity contribution >= 4 is 17.4 Å². The van der Waals surface area contributed by atoms with Crippen LogP contribution in [0.2, 0.25) is 0 Å². The number of benzene rings is 1. The van der Waals surface area contributed by atoms with Gasteiger partial charge in [-0.05, 0) is 26.0 Å². The molecule has 5 heteroatoms. The van der Waals surface area contributed by atoms with Gasteiger partial charge < -0.3 is 10.1 Å². The topological polar surface area (TPSA) is 55.4 Å². The van der Waals surface area contributed by atoms with Gasteiger partial charge in [0, 0.05) is 6.07 Å². The van der Waals surface area contributed by atoms with Crippen LogP contribution in [0.15, 0.2) is 18.2 Å². The zero-order valence-corrected chi connectivity index (χ0v) is 9.75. The van der Waals surface area contributed by atoms with Crippen LogP contribution in [0, 0.1) is 5.82 Å². The molecule has 0 heterocycles. The Morgan fingerprint density at radius 3 is 2.71 bits per heavy atom. The van der Waals surface area contributed by atoms with E-state index in [1.54, 1.807) is 6.92 Å². The van der Waals surface area contributed by atoms with Crippen molar-refractivity contribution in [3.05, 3.63) is 24.0 Å². The van der Waals surface area contributed by atoms with Gasteiger partial charge in [0.1, 0.15) is 17.3 Å². The van der Waals surface area contributed by atoms with E-state index in [0.717, 1.165) is 0 Å². The molecule has 0 aliphatic carbocycles. The number of ether oxygens (including phenoxy) is 1. The van der Waals surface area contributed by atoms with Crippen LogP contribution in [-0.2, 0) is 9.59 Å². The van der Waals surface area contributed by atoms with Crippen LogP contribution in [-0.4, -0.2) is 18.3 Å². The number of rotatable bonds is 5. The Morgan fingerprint density at radius 1 is 1.41 bits per heavy atom. The summed E-state index contributed by atoms with van der Waals surface area (Å²) in [5.41, 5.74) is 0.361. The van der Waals surface area contributed by atoms with E-state index in [9.17, 15) is 14.0 Å². The molecule has 0 bridgehead atoms. The number of halogens is 1. The highest BCUT2D eigenvalue weighted by molar-refractivity contribution is 6.04. The third-order valence-corrected chi connectivity index (χ3v) is 1.93. The number of carbonyl (C=O) groups is 2. The molecular weight excluding hydrogens is 225 g/mol. The Morgan fingerprint density at radius 2 is 2.12 bits per heavy atom. The Kier molecular flexibility index (Phi) is 4.63. The SMILES string of the molecule is CCOc1cc(F)ccc1NC(=O)CC(C)=O. The number of ketones is 1. The van der Waals surface area contributed by atoms with Gasteiger partial charge >= 0.3 is 0 Å². The first kappa shape index (κ1) is 13.2. The first-order valence-electron chi connectivity index (χ1n) is 5.24. The molecule has 92 valence electrons. The maximum absolute atomic E-state index is 13.0. The lowest BCUT2D eigenvalue weighted by Gasteiger charge is -2.10. The van der Waals surface area contributed by atoms with Crippen LogP contribution in [0.3, 0.4) is 0 Å². The Hall–Kier alpha value is -1.91. The fraction of sp³-hybridized carbons (Fsp3) is 0.333. The molecule has 0 saturated heterocycles. The average Bonchev–Trinajstić information content (AvgIpc) is 2.21. The third-order valence-electron chi connectivity index (χ3n) is 1.93. The number of Topliss-reactive ketones (excluding diaryl/α,β-unsaturated/α-hetero) is 1. The minimum absolute atomic E-state index is 0.205. The van der Waals surface area contributed by atoms with Gasteiger partial charge in [0.2, 0.25) is 5.91 Å². The molecule has 1 N–H and O–H groups in total. The summed E-state index contributed by atoms with van der Waals surface area (Å²) in [6.45, 7) is 3.44. The van der Waals surface area contributed by atoms with E-state index in [4.69, 9.17) is 4.74 Å². The van der Waals surface area contributed by atoms with E-state index < -0.39 is 11.7 Å². The van der Waals surface area contributed by atoms with Crippen LogP contribution in [0.5, 0.6) is 5.75 Å². The van der Waals surface area contributed by atoms with Crippen molar-refractivity contribution in [1.29, 1.82) is 0 Å². The molecule has 0 radical (unpaired) electrons. The van der Waals surface area contributed by atoms with E-state index in [1.807, 2.05) is 0 Å². The summed E-state index contributed by atoms with van der Waals surface area (Å²) in [4.78, 5) is 22.1. The van der Waals surface area contributed by atoms with Gasteiger partial charge in [-0.2, -0.15) is 0 Å². The minimum atomic E-state index is -0.446. The van der Waals surface area contributed by atoms with Gasteiger partial charge in [0.25, 0.3) is 0 Å². The summed E-state index contributed by atoms with van der Waals surface area (Å²) < 4.78 is 18.2. The van der Waals surface area contributed by atoms with E-state index in [0.29, 0.717) is 12.3 Å². The molecule has 0 aliphatic heterocycles. The minimum Gasteiger partial charge on any atom is -0.492 e. The van der Waals surface area contributed by atoms with Gasteiger partial charge in [0.05, 0.1) is 18.7 Å². The van der Waals surface area contributed by atoms with Crippen LogP contribution in [0.1, 0.15) is 20.3 Å². The normalized spacial score (nSPS) is 9.82. The molecule has 1 amide bonds. The Balaban J connectivity index is 2.82. The third kappa shape index (κ3) is 4.22. The fourth-order valence-electron chi connectivity index (χ4n) is 1.29. The van der Waals surface area contributed by atoms with Crippen molar-refractivity contribution in [3.8, 4) is 5.75 Å². The lowest BCUT2D eigenvalue weighted by Crippen LogP contribution is -2.15. The van der Waals surface area contributed by atoms with Gasteiger partial charge in [-0.3, -0.25) is 9.59 Å². The Labute approximate surface area is 98.8 Å². The summed E-state index contributed by atoms with van der Waals surface area (Å²) in [6, 6.07) is 3.80. The lowest BCUT2D eigenvalue weighted by atomic mass is 10.2. The van der Waals surface area contributed by atoms with E-state index in [-0.39, 0.29) is 18.0 Å². The van der Waals surface area contributed by atoms with Crippen molar-refractivity contribution in [2.75, 3.05) is 11.9 Å². The average molecular weight is 239 g/mol. The first-order chi connectivity index (χ1) is 8.02. The first-order valence-corrected chi connectivity index (χ1v) is 5.24. The summed E-state index contributed by atoms with van der Waals surface area (Å²) in [6.07, 6.45) is -0.205. The summed E-state index contributed by atoms with van der Waals surface area (Å²) in [7, 11) is 0. The van der Waals surface area contributed by atoms with E-state index in [1.165, 1.54) is 25.1 Å². The molecule has 1 rings (SSSR count). The molecular formula is C12H14FNO3. The second kappa shape index (κ2) is 5.98. The molecule has 4 nitrogen and oxygen atoms in total. The number of carbonyl (C=O) groups excluding carboxylic acids is 2. The van der Waals surface area contributed by atoms with Crippen molar-refractivity contribution in [1.82, 2.24) is 0 Å². The van der Waals surface area contributed by atoms with Crippen molar-refractivity contribution in [2.45, 2.75) is 20.3 Å². The van der Waals surface area contributed by atoms with Gasteiger partial charge in [0.15, 0.2) is 0 Å². The molecule has 0 saturated carbocycles. The molecule has 0 unspecified atom stereocenters. The predicted octanol–water partition coefficient (Wildman–Crippen LogP) is 2.14. The molecule has 0 spiro atoms. The van der Waals surface area contributed by atoms with Gasteiger partial charge in [-0.15, -0.1) is 0 Å². The smallest absolute Gasteiger partial charge is 0.231 e. The second-order valence-electron chi connectivity index (χ2n) is 3.50. The molecule has 0 aliphatic rings. The van der Waals surface area contributed by atoms with Gasteiger partial charge in [-0.25, -0.2) is 4.39 Å². The largest absolute Gasteiger partial charge is 0.492 e. The molecule has 0 atom stereocenters. The summed E-state index contributed by atoms with van der Waals surface area (Å²) in [5.74, 6) is -0.866. The number of hydrogen-bond acceptors (Lipinski definition) is 3. The van der Waals surface area contributed by atoms with Crippen LogP contribution >= 0.6 is 0 Å². The van der Waals surface area contributed by atoms with Crippen LogP contribution in [0.25, 0.3) is 0 Å². The molecule has 0 aromatic heterocycles. The summed E-state index contributed by atoms with van der Waals surface area (Å²) in [5, 5.41) is 2.50. The summed E-state index contributed by atoms with van der Waals surface area (Å²) >= 11 is 0. The number of hydrogen-bond donors (Lipinski definition) is 1. The lowest BCUT2D eigenvalue weighted by molar-refractivity contribution is -0.124. The van der Waals surface area contributed by atoms with Crippen LogP contribution in [0.4, 0.5) is 10.1 Å². The highest BCUT2D eigenvalue weighted by atomic mass is 19.1. The Bertz CT molecular complexity index is 432. The molecule has 17 heavy (non-hydrogen) atoms.